The zero-order valence-electron chi connectivity index (χ0n) is 17.9. The van der Waals surface area contributed by atoms with Gasteiger partial charge in [-0.15, -0.1) is 5.10 Å². The number of nitrogens with zero attached hydrogens (tertiary/aromatic N) is 4. The average molecular weight is 425 g/mol. The summed E-state index contributed by atoms with van der Waals surface area (Å²) in [5.74, 6) is 2.23. The van der Waals surface area contributed by atoms with E-state index in [1.807, 2.05) is 79.7 Å². The third-order valence-electron chi connectivity index (χ3n) is 5.29. The maximum atomic E-state index is 5.71. The van der Waals surface area contributed by atoms with Crippen LogP contribution in [-0.2, 0) is 6.54 Å². The molecule has 0 amide bonds. The van der Waals surface area contributed by atoms with Crippen LogP contribution in [0.1, 0.15) is 12.5 Å². The summed E-state index contributed by atoms with van der Waals surface area (Å²) >= 11 is 0. The number of para-hydroxylation sites is 1. The first-order valence-electron chi connectivity index (χ1n) is 10.5. The van der Waals surface area contributed by atoms with Crippen molar-refractivity contribution in [3.63, 3.8) is 0 Å². The van der Waals surface area contributed by atoms with Gasteiger partial charge in [0.15, 0.2) is 17.1 Å². The smallest absolute Gasteiger partial charge is 0.186 e. The molecule has 0 bridgehead atoms. The zero-order chi connectivity index (χ0) is 21.9. The number of benzene rings is 3. The normalized spacial score (nSPS) is 11.1. The fourth-order valence-electron chi connectivity index (χ4n) is 3.77. The number of methoxy groups -OCH3 is 1. The van der Waals surface area contributed by atoms with Crippen LogP contribution in [0.5, 0.6) is 11.5 Å². The Hall–Kier alpha value is -4.13. The molecular weight excluding hydrogens is 402 g/mol. The van der Waals surface area contributed by atoms with Crippen molar-refractivity contribution in [1.29, 1.82) is 0 Å². The second-order valence-electron chi connectivity index (χ2n) is 7.29. The van der Waals surface area contributed by atoms with E-state index >= 15 is 0 Å². The third kappa shape index (κ3) is 3.58. The number of nitrogens with one attached hydrogen (secondary N) is 1. The van der Waals surface area contributed by atoms with Crippen molar-refractivity contribution in [2.75, 3.05) is 19.0 Å². The molecule has 0 spiro atoms. The Bertz CT molecular complexity index is 1380. The number of rotatable bonds is 7. The van der Waals surface area contributed by atoms with Gasteiger partial charge in [0.2, 0.25) is 0 Å². The number of hydrogen-bond acceptors (Lipinski definition) is 6. The SMILES string of the molecule is CCOc1cc(CNc2nc3c(-c4ccccc4)nnn3c3ccccc23)ccc1OC. The van der Waals surface area contributed by atoms with Gasteiger partial charge in [0, 0.05) is 17.5 Å². The number of fused-ring (bicyclic) bond motifs is 3. The van der Waals surface area contributed by atoms with Crippen LogP contribution in [-0.4, -0.2) is 33.5 Å². The topological polar surface area (TPSA) is 73.6 Å². The van der Waals surface area contributed by atoms with Gasteiger partial charge in [-0.2, -0.15) is 4.52 Å². The van der Waals surface area contributed by atoms with Gasteiger partial charge >= 0.3 is 0 Å². The molecule has 5 aromatic rings. The molecule has 2 heterocycles. The Morgan fingerprint density at radius 2 is 1.75 bits per heavy atom. The molecule has 0 fully saturated rings. The van der Waals surface area contributed by atoms with E-state index in [9.17, 15) is 0 Å². The Balaban J connectivity index is 1.55. The van der Waals surface area contributed by atoms with Gasteiger partial charge in [0.1, 0.15) is 11.5 Å². The van der Waals surface area contributed by atoms with Crippen LogP contribution >= 0.6 is 0 Å². The molecule has 0 saturated heterocycles. The van der Waals surface area contributed by atoms with Crippen molar-refractivity contribution in [1.82, 2.24) is 19.8 Å². The summed E-state index contributed by atoms with van der Waals surface area (Å²) in [4.78, 5) is 4.92. The van der Waals surface area contributed by atoms with Crippen molar-refractivity contribution in [3.05, 3.63) is 78.4 Å². The molecule has 0 radical (unpaired) electrons. The molecule has 160 valence electrons. The van der Waals surface area contributed by atoms with E-state index < -0.39 is 0 Å². The molecular formula is C25H23N5O2. The summed E-state index contributed by atoms with van der Waals surface area (Å²) in [5.41, 5.74) is 4.45. The molecule has 0 atom stereocenters. The lowest BCUT2D eigenvalue weighted by molar-refractivity contribution is 0.310. The monoisotopic (exact) mass is 425 g/mol. The van der Waals surface area contributed by atoms with Crippen molar-refractivity contribution >= 4 is 22.4 Å². The average Bonchev–Trinajstić information content (AvgIpc) is 3.27. The predicted molar refractivity (Wildman–Crippen MR) is 125 cm³/mol. The molecule has 0 saturated carbocycles. The van der Waals surface area contributed by atoms with Crippen LogP contribution < -0.4 is 14.8 Å². The first-order valence-corrected chi connectivity index (χ1v) is 10.5. The fourth-order valence-corrected chi connectivity index (χ4v) is 3.77. The summed E-state index contributed by atoms with van der Waals surface area (Å²) in [6.07, 6.45) is 0. The summed E-state index contributed by atoms with van der Waals surface area (Å²) < 4.78 is 12.9. The maximum Gasteiger partial charge on any atom is 0.186 e. The second kappa shape index (κ2) is 8.55. The molecule has 7 nitrogen and oxygen atoms in total. The second-order valence-corrected chi connectivity index (χ2v) is 7.29. The van der Waals surface area contributed by atoms with Crippen LogP contribution in [0.4, 0.5) is 5.82 Å². The highest BCUT2D eigenvalue weighted by Gasteiger charge is 2.15. The third-order valence-corrected chi connectivity index (χ3v) is 5.29. The maximum absolute atomic E-state index is 5.71. The van der Waals surface area contributed by atoms with Gasteiger partial charge in [0.05, 0.1) is 19.2 Å². The van der Waals surface area contributed by atoms with Gasteiger partial charge in [-0.3, -0.25) is 0 Å². The van der Waals surface area contributed by atoms with Gasteiger partial charge in [-0.05, 0) is 36.8 Å². The molecule has 2 aromatic heterocycles. The highest BCUT2D eigenvalue weighted by atomic mass is 16.5. The summed E-state index contributed by atoms with van der Waals surface area (Å²) in [6.45, 7) is 3.12. The van der Waals surface area contributed by atoms with E-state index in [4.69, 9.17) is 14.5 Å². The van der Waals surface area contributed by atoms with Crippen LogP contribution in [0.25, 0.3) is 27.8 Å². The number of anilines is 1. The number of aromatic nitrogens is 4. The predicted octanol–water partition coefficient (Wildman–Crippen LogP) is 4.96. The van der Waals surface area contributed by atoms with Crippen molar-refractivity contribution in [2.45, 2.75) is 13.5 Å². The Labute approximate surface area is 185 Å². The lowest BCUT2D eigenvalue weighted by Crippen LogP contribution is -2.05. The zero-order valence-corrected chi connectivity index (χ0v) is 17.9. The molecule has 0 unspecified atom stereocenters. The van der Waals surface area contributed by atoms with Gasteiger partial charge in [-0.25, -0.2) is 4.98 Å². The lowest BCUT2D eigenvalue weighted by Gasteiger charge is -2.13. The molecule has 5 rings (SSSR count). The Morgan fingerprint density at radius 1 is 0.938 bits per heavy atom. The largest absolute Gasteiger partial charge is 0.493 e. The Morgan fingerprint density at radius 3 is 2.56 bits per heavy atom. The van der Waals surface area contributed by atoms with Gasteiger partial charge in [-0.1, -0.05) is 53.7 Å². The summed E-state index contributed by atoms with van der Waals surface area (Å²) in [6, 6.07) is 24.0. The quantitative estimate of drug-likeness (QED) is 0.397. The summed E-state index contributed by atoms with van der Waals surface area (Å²) in [5, 5.41) is 13.3. The van der Waals surface area contributed by atoms with E-state index in [1.165, 1.54) is 0 Å². The molecule has 0 aliphatic carbocycles. The first kappa shape index (κ1) is 19.8. The van der Waals surface area contributed by atoms with Gasteiger partial charge in [0.25, 0.3) is 0 Å². The molecule has 7 heteroatoms. The molecule has 0 aliphatic heterocycles. The molecule has 1 N–H and O–H groups in total. The van der Waals surface area contributed by atoms with Crippen LogP contribution in [0.3, 0.4) is 0 Å². The van der Waals surface area contributed by atoms with Crippen LogP contribution in [0.15, 0.2) is 72.8 Å². The highest BCUT2D eigenvalue weighted by Crippen LogP contribution is 2.30. The first-order chi connectivity index (χ1) is 15.8. The van der Waals surface area contributed by atoms with E-state index in [-0.39, 0.29) is 0 Å². The fraction of sp³-hybridized carbons (Fsp3) is 0.160. The lowest BCUT2D eigenvalue weighted by atomic mass is 10.1. The summed E-state index contributed by atoms with van der Waals surface area (Å²) in [7, 11) is 1.64. The van der Waals surface area contributed by atoms with Crippen LogP contribution in [0, 0.1) is 0 Å². The van der Waals surface area contributed by atoms with E-state index in [2.05, 4.69) is 15.6 Å². The minimum absolute atomic E-state index is 0.576. The highest BCUT2D eigenvalue weighted by molar-refractivity contribution is 5.93. The minimum atomic E-state index is 0.576. The van der Waals surface area contributed by atoms with E-state index in [1.54, 1.807) is 11.6 Å². The van der Waals surface area contributed by atoms with Crippen molar-refractivity contribution in [3.8, 4) is 22.8 Å². The van der Waals surface area contributed by atoms with Crippen molar-refractivity contribution < 1.29 is 9.47 Å². The van der Waals surface area contributed by atoms with E-state index in [0.717, 1.165) is 45.0 Å². The standard InChI is InChI=1S/C25H23N5O2/c1-3-32-22-15-17(13-14-21(22)31-2)16-26-24-19-11-7-8-12-20(19)30-25(27-24)23(28-29-30)18-9-5-4-6-10-18/h4-15H,3,16H2,1-2H3,(H,26,27). The molecule has 3 aromatic carbocycles. The number of hydrogen-bond donors (Lipinski definition) is 1. The minimum Gasteiger partial charge on any atom is -0.493 e. The van der Waals surface area contributed by atoms with Gasteiger partial charge < -0.3 is 14.8 Å². The molecule has 0 aliphatic rings. The number of ether oxygens (including phenoxy) is 2. The Kier molecular flexibility index (Phi) is 5.29. The van der Waals surface area contributed by atoms with E-state index in [0.29, 0.717) is 18.8 Å². The molecule has 32 heavy (non-hydrogen) atoms. The van der Waals surface area contributed by atoms with Crippen molar-refractivity contribution in [2.24, 2.45) is 0 Å². The van der Waals surface area contributed by atoms with Crippen LogP contribution in [0.2, 0.25) is 0 Å².